The van der Waals surface area contributed by atoms with Gasteiger partial charge < -0.3 is 4.74 Å². The molecule has 2 fully saturated rings. The highest BCUT2D eigenvalue weighted by Gasteiger charge is 2.39. The average Bonchev–Trinajstić information content (AvgIpc) is 2.70. The van der Waals surface area contributed by atoms with Crippen LogP contribution in [0.3, 0.4) is 0 Å². The minimum Gasteiger partial charge on any atom is -0.360 e. The fourth-order valence-corrected chi connectivity index (χ4v) is 2.56. The predicted octanol–water partition coefficient (Wildman–Crippen LogP) is 1.20. The van der Waals surface area contributed by atoms with E-state index in [9.17, 15) is 0 Å². The average molecular weight is 198 g/mol. The Balaban J connectivity index is 1.95. The molecule has 14 heavy (non-hydrogen) atoms. The summed E-state index contributed by atoms with van der Waals surface area (Å²) in [6.45, 7) is 9.87. The van der Waals surface area contributed by atoms with Gasteiger partial charge >= 0.3 is 0 Å². The summed E-state index contributed by atoms with van der Waals surface area (Å²) in [4.78, 5) is 2.53. The van der Waals surface area contributed by atoms with E-state index in [2.05, 4.69) is 31.0 Å². The molecule has 0 aromatic heterocycles. The molecule has 2 aliphatic rings. The smallest absolute Gasteiger partial charge is 0.124 e. The number of hydrogen-bond donors (Lipinski definition) is 1. The van der Waals surface area contributed by atoms with Gasteiger partial charge in [0.2, 0.25) is 0 Å². The van der Waals surface area contributed by atoms with Crippen molar-refractivity contribution in [3.05, 3.63) is 0 Å². The van der Waals surface area contributed by atoms with Crippen LogP contribution in [0.15, 0.2) is 0 Å². The predicted molar refractivity (Wildman–Crippen MR) is 57.2 cm³/mol. The highest BCUT2D eigenvalue weighted by molar-refractivity contribution is 4.93. The molecule has 0 amide bonds. The summed E-state index contributed by atoms with van der Waals surface area (Å²) in [5.41, 5.74) is 0.159. The van der Waals surface area contributed by atoms with Crippen molar-refractivity contribution in [2.75, 3.05) is 19.7 Å². The van der Waals surface area contributed by atoms with E-state index in [-0.39, 0.29) is 11.8 Å². The van der Waals surface area contributed by atoms with Crippen LogP contribution in [-0.4, -0.2) is 42.4 Å². The van der Waals surface area contributed by atoms with E-state index in [1.165, 1.54) is 19.4 Å². The molecule has 2 rings (SSSR count). The monoisotopic (exact) mass is 198 g/mol. The molecule has 2 saturated heterocycles. The third-order valence-corrected chi connectivity index (χ3v) is 3.33. The van der Waals surface area contributed by atoms with Crippen molar-refractivity contribution >= 4 is 0 Å². The molecule has 2 heterocycles. The van der Waals surface area contributed by atoms with Gasteiger partial charge in [-0.3, -0.25) is 10.2 Å². The highest BCUT2D eigenvalue weighted by Crippen LogP contribution is 2.25. The maximum absolute atomic E-state index is 5.83. The first-order valence-corrected chi connectivity index (χ1v) is 5.76. The van der Waals surface area contributed by atoms with Crippen LogP contribution in [0, 0.1) is 0 Å². The minimum atomic E-state index is 0.159. The molecule has 0 bridgehead atoms. The van der Waals surface area contributed by atoms with E-state index in [1.54, 1.807) is 0 Å². The molecular weight excluding hydrogens is 176 g/mol. The van der Waals surface area contributed by atoms with Crippen molar-refractivity contribution in [1.82, 2.24) is 10.2 Å². The Morgan fingerprint density at radius 3 is 2.86 bits per heavy atom. The second kappa shape index (κ2) is 3.80. The zero-order valence-corrected chi connectivity index (χ0v) is 9.55. The van der Waals surface area contributed by atoms with Crippen LogP contribution >= 0.6 is 0 Å². The van der Waals surface area contributed by atoms with Gasteiger partial charge in [0, 0.05) is 11.6 Å². The van der Waals surface area contributed by atoms with Crippen molar-refractivity contribution in [2.45, 2.75) is 51.4 Å². The van der Waals surface area contributed by atoms with Gasteiger partial charge in [0.05, 0.1) is 6.61 Å². The van der Waals surface area contributed by atoms with Crippen LogP contribution in [0.1, 0.15) is 33.6 Å². The lowest BCUT2D eigenvalue weighted by Crippen LogP contribution is -2.48. The largest absolute Gasteiger partial charge is 0.360 e. The first-order chi connectivity index (χ1) is 6.62. The van der Waals surface area contributed by atoms with Gasteiger partial charge in [-0.1, -0.05) is 6.92 Å². The molecule has 1 N–H and O–H groups in total. The van der Waals surface area contributed by atoms with Crippen LogP contribution in [0.4, 0.5) is 0 Å². The molecule has 0 aromatic carbocycles. The van der Waals surface area contributed by atoms with E-state index in [0.717, 1.165) is 13.2 Å². The van der Waals surface area contributed by atoms with E-state index in [1.807, 2.05) is 0 Å². The van der Waals surface area contributed by atoms with Gasteiger partial charge in [0.15, 0.2) is 0 Å². The second-order valence-corrected chi connectivity index (χ2v) is 5.10. The maximum Gasteiger partial charge on any atom is 0.124 e. The molecular formula is C11H22N2O. The summed E-state index contributed by atoms with van der Waals surface area (Å²) in [6.07, 6.45) is 2.86. The fourth-order valence-electron chi connectivity index (χ4n) is 2.56. The molecule has 0 aromatic rings. The molecule has 3 heteroatoms. The van der Waals surface area contributed by atoms with Crippen molar-refractivity contribution in [3.8, 4) is 0 Å². The Labute approximate surface area is 86.8 Å². The number of likely N-dealkylation sites (N-methyl/N-ethyl adjacent to an activating group) is 1. The number of nitrogens with zero attached hydrogens (tertiary/aromatic N) is 1. The van der Waals surface area contributed by atoms with E-state index < -0.39 is 0 Å². The van der Waals surface area contributed by atoms with Crippen molar-refractivity contribution in [3.63, 3.8) is 0 Å². The lowest BCUT2D eigenvalue weighted by atomic mass is 10.1. The molecule has 82 valence electrons. The Hall–Kier alpha value is -0.120. The summed E-state index contributed by atoms with van der Waals surface area (Å²) in [5, 5.41) is 3.57. The Morgan fingerprint density at radius 1 is 1.50 bits per heavy atom. The summed E-state index contributed by atoms with van der Waals surface area (Å²) in [6, 6.07) is 0.599. The zero-order valence-electron chi connectivity index (χ0n) is 9.55. The molecule has 2 atom stereocenters. The fraction of sp³-hybridized carbons (Fsp3) is 1.00. The third-order valence-electron chi connectivity index (χ3n) is 3.33. The minimum absolute atomic E-state index is 0.159. The SMILES string of the molecule is CCN1CCCC1C1NC(C)(C)CO1. The van der Waals surface area contributed by atoms with E-state index in [0.29, 0.717) is 6.04 Å². The Morgan fingerprint density at radius 2 is 2.29 bits per heavy atom. The molecule has 0 spiro atoms. The number of hydrogen-bond acceptors (Lipinski definition) is 3. The molecule has 0 radical (unpaired) electrons. The van der Waals surface area contributed by atoms with Crippen LogP contribution in [0.5, 0.6) is 0 Å². The van der Waals surface area contributed by atoms with Crippen LogP contribution in [0.2, 0.25) is 0 Å². The van der Waals surface area contributed by atoms with E-state index in [4.69, 9.17) is 4.74 Å². The van der Waals surface area contributed by atoms with Crippen LogP contribution in [0.25, 0.3) is 0 Å². The Bertz CT molecular complexity index is 205. The van der Waals surface area contributed by atoms with Gasteiger partial charge in [0.1, 0.15) is 6.23 Å². The second-order valence-electron chi connectivity index (χ2n) is 5.10. The highest BCUT2D eigenvalue weighted by atomic mass is 16.5. The standard InChI is InChI=1S/C11H22N2O/c1-4-13-7-5-6-9(13)10-12-11(2,3)8-14-10/h9-10,12H,4-8H2,1-3H3. The first-order valence-electron chi connectivity index (χ1n) is 5.76. The van der Waals surface area contributed by atoms with Crippen molar-refractivity contribution in [2.24, 2.45) is 0 Å². The van der Waals surface area contributed by atoms with Gasteiger partial charge in [0.25, 0.3) is 0 Å². The summed E-state index contributed by atoms with van der Waals surface area (Å²) < 4.78 is 5.83. The van der Waals surface area contributed by atoms with Gasteiger partial charge in [-0.05, 0) is 39.8 Å². The number of nitrogens with one attached hydrogen (secondary N) is 1. The first kappa shape index (κ1) is 10.4. The Kier molecular flexibility index (Phi) is 2.82. The van der Waals surface area contributed by atoms with Gasteiger partial charge in [-0.15, -0.1) is 0 Å². The number of likely N-dealkylation sites (tertiary alicyclic amines) is 1. The van der Waals surface area contributed by atoms with Crippen molar-refractivity contribution in [1.29, 1.82) is 0 Å². The van der Waals surface area contributed by atoms with E-state index >= 15 is 0 Å². The normalized spacial score (nSPS) is 37.9. The quantitative estimate of drug-likeness (QED) is 0.721. The summed E-state index contributed by atoms with van der Waals surface area (Å²) >= 11 is 0. The lowest BCUT2D eigenvalue weighted by Gasteiger charge is -2.28. The van der Waals surface area contributed by atoms with Crippen molar-refractivity contribution < 1.29 is 4.74 Å². The van der Waals surface area contributed by atoms with Gasteiger partial charge in [-0.2, -0.15) is 0 Å². The number of ether oxygens (including phenoxy) is 1. The summed E-state index contributed by atoms with van der Waals surface area (Å²) in [5.74, 6) is 0. The van der Waals surface area contributed by atoms with Gasteiger partial charge in [-0.25, -0.2) is 0 Å². The molecule has 0 saturated carbocycles. The zero-order chi connectivity index (χ0) is 10.2. The number of rotatable bonds is 2. The molecule has 2 aliphatic heterocycles. The molecule has 2 unspecified atom stereocenters. The topological polar surface area (TPSA) is 24.5 Å². The lowest BCUT2D eigenvalue weighted by molar-refractivity contribution is 0.0327. The molecule has 0 aliphatic carbocycles. The third kappa shape index (κ3) is 1.95. The summed E-state index contributed by atoms with van der Waals surface area (Å²) in [7, 11) is 0. The molecule has 3 nitrogen and oxygen atoms in total. The maximum atomic E-state index is 5.83. The van der Waals surface area contributed by atoms with Crippen LogP contribution in [-0.2, 0) is 4.74 Å². The van der Waals surface area contributed by atoms with Crippen LogP contribution < -0.4 is 5.32 Å².